The van der Waals surface area contributed by atoms with Crippen LogP contribution in [0.15, 0.2) is 42.5 Å². The van der Waals surface area contributed by atoms with E-state index in [0.717, 1.165) is 5.56 Å². The third kappa shape index (κ3) is 5.15. The fourth-order valence-corrected chi connectivity index (χ4v) is 1.94. The first-order chi connectivity index (χ1) is 10.9. The number of primary amides is 1. The second kappa shape index (κ2) is 7.46. The van der Waals surface area contributed by atoms with Crippen LogP contribution in [0.2, 0.25) is 5.02 Å². The van der Waals surface area contributed by atoms with Gasteiger partial charge in [-0.05, 0) is 35.9 Å². The minimum absolute atomic E-state index is 0.0749. The van der Waals surface area contributed by atoms with E-state index >= 15 is 0 Å². The summed E-state index contributed by atoms with van der Waals surface area (Å²) < 4.78 is 13.0. The molecule has 0 aliphatic rings. The minimum atomic E-state index is -0.607. The van der Waals surface area contributed by atoms with Crippen molar-refractivity contribution in [2.24, 2.45) is 5.73 Å². The van der Waals surface area contributed by atoms with E-state index in [9.17, 15) is 14.0 Å². The van der Waals surface area contributed by atoms with Crippen molar-refractivity contribution < 1.29 is 14.0 Å². The number of halogens is 2. The van der Waals surface area contributed by atoms with Crippen molar-refractivity contribution in [1.82, 2.24) is 5.32 Å². The summed E-state index contributed by atoms with van der Waals surface area (Å²) >= 11 is 5.64. The Morgan fingerprint density at radius 3 is 2.26 bits per heavy atom. The number of anilines is 2. The van der Waals surface area contributed by atoms with Gasteiger partial charge >= 0.3 is 12.1 Å². The first kappa shape index (κ1) is 16.6. The van der Waals surface area contributed by atoms with E-state index < -0.39 is 17.9 Å². The van der Waals surface area contributed by atoms with Crippen molar-refractivity contribution >= 4 is 35.0 Å². The quantitative estimate of drug-likeness (QED) is 0.689. The smallest absolute Gasteiger partial charge is 0.323 e. The molecule has 23 heavy (non-hydrogen) atoms. The van der Waals surface area contributed by atoms with Crippen LogP contribution >= 0.6 is 11.6 Å². The van der Waals surface area contributed by atoms with Gasteiger partial charge in [0.2, 0.25) is 0 Å². The highest BCUT2D eigenvalue weighted by atomic mass is 35.5. The molecule has 0 aliphatic heterocycles. The van der Waals surface area contributed by atoms with Crippen molar-refractivity contribution in [3.8, 4) is 0 Å². The maximum atomic E-state index is 13.0. The number of hydrogen-bond acceptors (Lipinski definition) is 2. The molecule has 0 aliphatic carbocycles. The van der Waals surface area contributed by atoms with Crippen LogP contribution in [0.5, 0.6) is 0 Å². The molecule has 2 aromatic carbocycles. The predicted octanol–water partition coefficient (Wildman–Crippen LogP) is 3.29. The summed E-state index contributed by atoms with van der Waals surface area (Å²) in [5.41, 5.74) is 6.74. The molecule has 2 rings (SSSR count). The number of urea groups is 2. The molecule has 8 heteroatoms. The molecule has 0 atom stereocenters. The van der Waals surface area contributed by atoms with E-state index in [0.29, 0.717) is 17.9 Å². The topological polar surface area (TPSA) is 96.2 Å². The fourth-order valence-electron chi connectivity index (χ4n) is 1.76. The lowest BCUT2D eigenvalue weighted by Crippen LogP contribution is -2.28. The third-order valence-electron chi connectivity index (χ3n) is 2.86. The molecule has 120 valence electrons. The summed E-state index contributed by atoms with van der Waals surface area (Å²) in [6, 6.07) is 9.61. The maximum absolute atomic E-state index is 13.0. The Morgan fingerprint density at radius 1 is 1.04 bits per heavy atom. The second-order valence-electron chi connectivity index (χ2n) is 4.62. The van der Waals surface area contributed by atoms with Crippen LogP contribution in [-0.2, 0) is 6.54 Å². The SMILES string of the molecule is NC(=O)NCc1ccc(NC(=O)Nc2ccc(F)c(Cl)c2)cc1. The highest BCUT2D eigenvalue weighted by Gasteiger charge is 2.05. The Labute approximate surface area is 136 Å². The average Bonchev–Trinajstić information content (AvgIpc) is 2.50. The molecule has 4 amide bonds. The number of nitrogens with two attached hydrogens (primary N) is 1. The number of benzene rings is 2. The van der Waals surface area contributed by atoms with Crippen LogP contribution in [-0.4, -0.2) is 12.1 Å². The van der Waals surface area contributed by atoms with Crippen LogP contribution in [0.3, 0.4) is 0 Å². The Morgan fingerprint density at radius 2 is 1.65 bits per heavy atom. The van der Waals surface area contributed by atoms with Crippen molar-refractivity contribution in [3.05, 3.63) is 58.9 Å². The summed E-state index contributed by atoms with van der Waals surface area (Å²) in [5, 5.41) is 7.54. The molecule has 2 aromatic rings. The molecule has 5 N–H and O–H groups in total. The lowest BCUT2D eigenvalue weighted by Gasteiger charge is -2.09. The van der Waals surface area contributed by atoms with E-state index in [4.69, 9.17) is 17.3 Å². The summed E-state index contributed by atoms with van der Waals surface area (Å²) in [4.78, 5) is 22.5. The molecule has 6 nitrogen and oxygen atoms in total. The fraction of sp³-hybridized carbons (Fsp3) is 0.0667. The number of rotatable bonds is 4. The Hall–Kier alpha value is -2.80. The molecule has 0 radical (unpaired) electrons. The van der Waals surface area contributed by atoms with Crippen LogP contribution in [0.25, 0.3) is 0 Å². The van der Waals surface area contributed by atoms with Crippen molar-refractivity contribution in [1.29, 1.82) is 0 Å². The second-order valence-corrected chi connectivity index (χ2v) is 5.03. The summed E-state index contributed by atoms with van der Waals surface area (Å²) in [6.45, 7) is 0.301. The lowest BCUT2D eigenvalue weighted by atomic mass is 10.2. The predicted molar refractivity (Wildman–Crippen MR) is 86.9 cm³/mol. The van der Waals surface area contributed by atoms with Gasteiger partial charge in [-0.1, -0.05) is 23.7 Å². The summed E-state index contributed by atoms with van der Waals surface area (Å²) in [7, 11) is 0. The van der Waals surface area contributed by atoms with Crippen LogP contribution < -0.4 is 21.7 Å². The van der Waals surface area contributed by atoms with Gasteiger partial charge in [0.05, 0.1) is 5.02 Å². The third-order valence-corrected chi connectivity index (χ3v) is 3.15. The number of amides is 4. The van der Waals surface area contributed by atoms with Gasteiger partial charge in [-0.2, -0.15) is 0 Å². The number of carbonyl (C=O) groups is 2. The Kier molecular flexibility index (Phi) is 5.37. The molecular formula is C15H14ClFN4O2. The van der Waals surface area contributed by atoms with Crippen LogP contribution in [0.1, 0.15) is 5.56 Å². The number of nitrogens with one attached hydrogen (secondary N) is 3. The van der Waals surface area contributed by atoms with Crippen molar-refractivity contribution in [2.75, 3.05) is 10.6 Å². The average molecular weight is 337 g/mol. The first-order valence-corrected chi connectivity index (χ1v) is 6.97. The minimum Gasteiger partial charge on any atom is -0.352 e. The molecule has 0 unspecified atom stereocenters. The molecule has 0 fully saturated rings. The van der Waals surface area contributed by atoms with Gasteiger partial charge in [-0.25, -0.2) is 14.0 Å². The normalized spacial score (nSPS) is 10.0. The van der Waals surface area contributed by atoms with E-state index in [-0.39, 0.29) is 5.02 Å². The molecule has 0 aromatic heterocycles. The first-order valence-electron chi connectivity index (χ1n) is 6.59. The number of hydrogen-bond donors (Lipinski definition) is 4. The standard InChI is InChI=1S/C15H14ClFN4O2/c16-12-7-11(5-6-13(12)17)21-15(23)20-10-3-1-9(2-4-10)8-19-14(18)22/h1-7H,8H2,(H3,18,19,22)(H2,20,21,23). The zero-order valence-corrected chi connectivity index (χ0v) is 12.7. The van der Waals surface area contributed by atoms with Gasteiger partial charge in [0.1, 0.15) is 5.82 Å². The van der Waals surface area contributed by atoms with Crippen molar-refractivity contribution in [2.45, 2.75) is 6.54 Å². The highest BCUT2D eigenvalue weighted by Crippen LogP contribution is 2.19. The van der Waals surface area contributed by atoms with Gasteiger partial charge in [-0.3, -0.25) is 0 Å². The van der Waals surface area contributed by atoms with Crippen molar-refractivity contribution in [3.63, 3.8) is 0 Å². The Bertz CT molecular complexity index is 722. The number of carbonyl (C=O) groups excluding carboxylic acids is 2. The van der Waals surface area contributed by atoms with E-state index in [1.807, 2.05) is 0 Å². The molecular weight excluding hydrogens is 323 g/mol. The van der Waals surface area contributed by atoms with E-state index in [1.165, 1.54) is 18.2 Å². The monoisotopic (exact) mass is 336 g/mol. The van der Waals surface area contributed by atoms with Gasteiger partial charge in [-0.15, -0.1) is 0 Å². The van der Waals surface area contributed by atoms with Gasteiger partial charge < -0.3 is 21.7 Å². The molecule has 0 saturated carbocycles. The summed E-state index contributed by atoms with van der Waals surface area (Å²) in [6.07, 6.45) is 0. The van der Waals surface area contributed by atoms with E-state index in [1.54, 1.807) is 24.3 Å². The van der Waals surface area contributed by atoms with Crippen LogP contribution in [0, 0.1) is 5.82 Å². The maximum Gasteiger partial charge on any atom is 0.323 e. The molecule has 0 saturated heterocycles. The summed E-state index contributed by atoms with van der Waals surface area (Å²) in [5.74, 6) is -0.558. The zero-order valence-electron chi connectivity index (χ0n) is 11.9. The van der Waals surface area contributed by atoms with Gasteiger partial charge in [0, 0.05) is 17.9 Å². The highest BCUT2D eigenvalue weighted by molar-refractivity contribution is 6.31. The van der Waals surface area contributed by atoms with Gasteiger partial charge in [0.25, 0.3) is 0 Å². The van der Waals surface area contributed by atoms with E-state index in [2.05, 4.69) is 16.0 Å². The van der Waals surface area contributed by atoms with Gasteiger partial charge in [0.15, 0.2) is 0 Å². The van der Waals surface area contributed by atoms with Crippen LogP contribution in [0.4, 0.5) is 25.4 Å². The molecule has 0 spiro atoms. The zero-order chi connectivity index (χ0) is 16.8. The molecule has 0 bridgehead atoms. The molecule has 0 heterocycles. The lowest BCUT2D eigenvalue weighted by molar-refractivity contribution is 0.248. The Balaban J connectivity index is 1.92. The largest absolute Gasteiger partial charge is 0.352 e.